The van der Waals surface area contributed by atoms with E-state index in [1.807, 2.05) is 13.0 Å². The summed E-state index contributed by atoms with van der Waals surface area (Å²) in [5, 5.41) is 34.4. The quantitative estimate of drug-likeness (QED) is 0.278. The first-order chi connectivity index (χ1) is 18.1. The summed E-state index contributed by atoms with van der Waals surface area (Å²) in [7, 11) is 0. The van der Waals surface area contributed by atoms with Crippen molar-refractivity contribution in [3.63, 3.8) is 0 Å². The molecular formula is C29H40O9. The van der Waals surface area contributed by atoms with E-state index in [0.717, 1.165) is 38.4 Å². The van der Waals surface area contributed by atoms with E-state index in [1.54, 1.807) is 0 Å². The van der Waals surface area contributed by atoms with Crippen molar-refractivity contribution in [3.05, 3.63) is 11.6 Å². The number of fused-ring (bicyclic) bond motifs is 7. The van der Waals surface area contributed by atoms with Crippen molar-refractivity contribution in [1.82, 2.24) is 0 Å². The van der Waals surface area contributed by atoms with E-state index >= 15 is 0 Å². The van der Waals surface area contributed by atoms with Gasteiger partial charge in [0, 0.05) is 22.8 Å². The third-order valence-corrected chi connectivity index (χ3v) is 12.1. The highest BCUT2D eigenvalue weighted by molar-refractivity contribution is 5.91. The molecule has 0 amide bonds. The Morgan fingerprint density at radius 2 is 1.84 bits per heavy atom. The average molecular weight is 533 g/mol. The van der Waals surface area contributed by atoms with Gasteiger partial charge in [-0.05, 0) is 88.0 Å². The van der Waals surface area contributed by atoms with Gasteiger partial charge in [-0.25, -0.2) is 4.79 Å². The number of carbonyl (C=O) groups excluding carboxylic acids is 2. The predicted molar refractivity (Wildman–Crippen MR) is 131 cm³/mol. The number of rotatable bonds is 2. The van der Waals surface area contributed by atoms with Crippen LogP contribution >= 0.6 is 0 Å². The van der Waals surface area contributed by atoms with Crippen molar-refractivity contribution in [3.8, 4) is 0 Å². The van der Waals surface area contributed by atoms with Gasteiger partial charge in [0.1, 0.15) is 19.0 Å². The molecule has 0 aromatic heterocycles. The van der Waals surface area contributed by atoms with Crippen LogP contribution in [0, 0.1) is 34.5 Å². The summed E-state index contributed by atoms with van der Waals surface area (Å²) in [6.45, 7) is 4.26. The molecule has 0 aromatic rings. The summed E-state index contributed by atoms with van der Waals surface area (Å²) in [4.78, 5) is 25.6. The van der Waals surface area contributed by atoms with E-state index in [2.05, 4.69) is 6.92 Å². The van der Waals surface area contributed by atoms with Crippen LogP contribution in [-0.2, 0) is 28.5 Å². The lowest BCUT2D eigenvalue weighted by atomic mass is 9.42. The Kier molecular flexibility index (Phi) is 5.61. The molecule has 3 N–H and O–H groups in total. The van der Waals surface area contributed by atoms with Crippen LogP contribution in [0.1, 0.15) is 71.6 Å². The topological polar surface area (TPSA) is 132 Å². The number of hydrogen-bond donors (Lipinski definition) is 3. The summed E-state index contributed by atoms with van der Waals surface area (Å²) >= 11 is 0. The van der Waals surface area contributed by atoms with Gasteiger partial charge in [0.15, 0.2) is 0 Å². The number of aldehydes is 1. The monoisotopic (exact) mass is 532 g/mol. The van der Waals surface area contributed by atoms with Gasteiger partial charge in [0.05, 0.1) is 23.9 Å². The molecule has 4 aliphatic carbocycles. The molecule has 0 spiro atoms. The van der Waals surface area contributed by atoms with E-state index in [4.69, 9.17) is 18.9 Å². The van der Waals surface area contributed by atoms with Gasteiger partial charge in [0.2, 0.25) is 12.1 Å². The fourth-order valence-corrected chi connectivity index (χ4v) is 10.2. The summed E-state index contributed by atoms with van der Waals surface area (Å²) in [5.74, 6) is -2.27. The second-order valence-electron chi connectivity index (χ2n) is 13.5. The fraction of sp³-hybridized carbons (Fsp3) is 0.862. The van der Waals surface area contributed by atoms with Gasteiger partial charge in [-0.1, -0.05) is 6.92 Å². The molecule has 0 aromatic carbocycles. The molecule has 13 atom stereocenters. The van der Waals surface area contributed by atoms with Crippen LogP contribution in [0.3, 0.4) is 0 Å². The van der Waals surface area contributed by atoms with Crippen LogP contribution in [0.25, 0.3) is 0 Å². The molecule has 4 saturated carbocycles. The lowest BCUT2D eigenvalue weighted by Crippen LogP contribution is -2.71. The first-order valence-corrected chi connectivity index (χ1v) is 14.5. The Morgan fingerprint density at radius 1 is 1.03 bits per heavy atom. The second-order valence-corrected chi connectivity index (χ2v) is 13.5. The Labute approximate surface area is 222 Å². The zero-order valence-electron chi connectivity index (χ0n) is 22.2. The maximum Gasteiger partial charge on any atom is 0.334 e. The molecule has 210 valence electrons. The van der Waals surface area contributed by atoms with Crippen molar-refractivity contribution in [2.45, 2.75) is 114 Å². The summed E-state index contributed by atoms with van der Waals surface area (Å²) in [6, 6.07) is 0. The lowest BCUT2D eigenvalue weighted by molar-refractivity contribution is -0.457. The molecule has 2 saturated heterocycles. The van der Waals surface area contributed by atoms with Gasteiger partial charge < -0.3 is 39.1 Å². The zero-order valence-corrected chi connectivity index (χ0v) is 22.2. The number of esters is 1. The summed E-state index contributed by atoms with van der Waals surface area (Å²) in [5.41, 5.74) is -1.42. The molecule has 7 rings (SSSR count). The van der Waals surface area contributed by atoms with Crippen LogP contribution in [0.15, 0.2) is 11.6 Å². The number of hydrogen-bond acceptors (Lipinski definition) is 9. The van der Waals surface area contributed by atoms with E-state index in [-0.39, 0.29) is 48.3 Å². The lowest BCUT2D eigenvalue weighted by Gasteiger charge is -2.64. The van der Waals surface area contributed by atoms with Gasteiger partial charge in [-0.3, -0.25) is 0 Å². The normalized spacial score (nSPS) is 57.4. The largest absolute Gasteiger partial charge is 0.458 e. The van der Waals surface area contributed by atoms with Crippen LogP contribution < -0.4 is 0 Å². The molecule has 0 bridgehead atoms. The number of carbonyl (C=O) groups is 2. The van der Waals surface area contributed by atoms with Crippen molar-refractivity contribution in [2.24, 2.45) is 34.5 Å². The standard InChI is InChI=1S/C29H40O9/c1-15-11-23(31)29(34)25(36-15)37-21-12-16-3-4-20-19(27(16,14-30)13-22(21)38-29)5-8-26(2)18(6-9-28(20,26)33)17-7-10-35-24(17)32/h7,14-16,18-23,25,31,33-34H,3-6,8-13H2,1-2H3/t15-,16+,18+,19-,20+,21-,22-,23-,25+,26+,27+,28-,29+/m1/s1. The Morgan fingerprint density at radius 3 is 2.58 bits per heavy atom. The minimum Gasteiger partial charge on any atom is -0.458 e. The predicted octanol–water partition coefficient (Wildman–Crippen LogP) is 2.00. The fourth-order valence-electron chi connectivity index (χ4n) is 10.2. The van der Waals surface area contributed by atoms with E-state index in [1.165, 1.54) is 0 Å². The highest BCUT2D eigenvalue weighted by atomic mass is 16.8. The minimum atomic E-state index is -1.97. The molecule has 0 unspecified atom stereocenters. The van der Waals surface area contributed by atoms with E-state index in [0.29, 0.717) is 31.4 Å². The maximum atomic E-state index is 13.1. The van der Waals surface area contributed by atoms with Crippen LogP contribution in [0.4, 0.5) is 0 Å². The van der Waals surface area contributed by atoms with E-state index in [9.17, 15) is 24.9 Å². The molecule has 6 fully saturated rings. The maximum absolute atomic E-state index is 13.1. The third kappa shape index (κ3) is 3.15. The number of cyclic esters (lactones) is 1. The van der Waals surface area contributed by atoms with Crippen molar-refractivity contribution in [2.75, 3.05) is 6.61 Å². The first-order valence-electron chi connectivity index (χ1n) is 14.5. The van der Waals surface area contributed by atoms with Gasteiger partial charge in [-0.15, -0.1) is 0 Å². The number of ether oxygens (including phenoxy) is 4. The first kappa shape index (κ1) is 25.6. The molecule has 0 radical (unpaired) electrons. The molecule has 9 nitrogen and oxygen atoms in total. The number of aliphatic hydroxyl groups is 3. The Hall–Kier alpha value is -1.36. The molecule has 9 heteroatoms. The molecular weight excluding hydrogens is 492 g/mol. The smallest absolute Gasteiger partial charge is 0.334 e. The average Bonchev–Trinajstić information content (AvgIpc) is 3.41. The van der Waals surface area contributed by atoms with Gasteiger partial charge in [-0.2, -0.15) is 0 Å². The second kappa shape index (κ2) is 8.33. The Bertz CT molecular complexity index is 1060. The molecule has 7 aliphatic rings. The van der Waals surface area contributed by atoms with Gasteiger partial charge in [0.25, 0.3) is 0 Å². The minimum absolute atomic E-state index is 0.0236. The van der Waals surface area contributed by atoms with E-state index < -0.39 is 40.7 Å². The van der Waals surface area contributed by atoms with Crippen LogP contribution in [0.5, 0.6) is 0 Å². The van der Waals surface area contributed by atoms with Crippen LogP contribution in [0.2, 0.25) is 0 Å². The molecule has 3 aliphatic heterocycles. The van der Waals surface area contributed by atoms with Crippen molar-refractivity contribution in [1.29, 1.82) is 0 Å². The summed E-state index contributed by atoms with van der Waals surface area (Å²) < 4.78 is 23.5. The summed E-state index contributed by atoms with van der Waals surface area (Å²) in [6.07, 6.45) is 5.33. The molecule has 3 heterocycles. The van der Waals surface area contributed by atoms with Crippen molar-refractivity contribution >= 4 is 12.3 Å². The van der Waals surface area contributed by atoms with Gasteiger partial charge >= 0.3 is 5.97 Å². The third-order valence-electron chi connectivity index (χ3n) is 12.1. The highest BCUT2D eigenvalue weighted by Gasteiger charge is 2.70. The van der Waals surface area contributed by atoms with Crippen molar-refractivity contribution < 1.29 is 43.9 Å². The van der Waals surface area contributed by atoms with Crippen LogP contribution in [-0.4, -0.2) is 76.3 Å². The zero-order chi connectivity index (χ0) is 26.7. The molecule has 38 heavy (non-hydrogen) atoms. The SMILES string of the molecule is C[C@@H]1C[C@@H](O)[C@]2(O)O[C@@H]3C[C@]4(C=O)[C@@H](CC[C@H]5[C@H]4CC[C@@]4(C)[C@H](C6=CCOC6=O)CC[C@@]54O)C[C@H]3O[C@@H]2O1. The number of aliphatic hydroxyl groups excluding tert-OH is 1. The highest BCUT2D eigenvalue weighted by Crippen LogP contribution is 2.70. The Balaban J connectivity index is 1.19.